The molecule has 2 atom stereocenters. The third-order valence-corrected chi connectivity index (χ3v) is 3.98. The number of hydrogen-bond donors (Lipinski definition) is 0. The van der Waals surface area contributed by atoms with Gasteiger partial charge in [-0.3, -0.25) is 4.90 Å². The number of epoxide rings is 1. The lowest BCUT2D eigenvalue weighted by atomic mass is 10.1. The van der Waals surface area contributed by atoms with Crippen LogP contribution in [0.2, 0.25) is 0 Å². The summed E-state index contributed by atoms with van der Waals surface area (Å²) < 4.78 is 10.5. The van der Waals surface area contributed by atoms with E-state index in [1.807, 2.05) is 12.1 Å². The van der Waals surface area contributed by atoms with Gasteiger partial charge in [0.25, 0.3) is 0 Å². The zero-order valence-corrected chi connectivity index (χ0v) is 11.7. The Morgan fingerprint density at radius 2 is 2.00 bits per heavy atom. The second-order valence-corrected chi connectivity index (χ2v) is 5.46. The third kappa shape index (κ3) is 3.01. The van der Waals surface area contributed by atoms with Crippen LogP contribution in [0.15, 0.2) is 24.3 Å². The Hall–Kier alpha value is -1.26. The number of benzene rings is 1. The maximum Gasteiger partial charge on any atom is 0.119 e. The molecule has 4 heteroatoms. The summed E-state index contributed by atoms with van der Waals surface area (Å²) in [7, 11) is 1.70. The van der Waals surface area contributed by atoms with E-state index < -0.39 is 0 Å². The van der Waals surface area contributed by atoms with Crippen LogP contribution < -0.4 is 9.64 Å². The van der Waals surface area contributed by atoms with Gasteiger partial charge in [0.2, 0.25) is 0 Å². The van der Waals surface area contributed by atoms with Crippen LogP contribution in [0, 0.1) is 0 Å². The number of anilines is 1. The molecular formula is C15H22N2O2. The number of rotatable bonds is 4. The quantitative estimate of drug-likeness (QED) is 0.771. The van der Waals surface area contributed by atoms with Crippen LogP contribution in [-0.4, -0.2) is 56.9 Å². The number of methoxy groups -OCH3 is 1. The molecule has 0 bridgehead atoms. The highest BCUT2D eigenvalue weighted by Crippen LogP contribution is 2.24. The molecule has 3 rings (SSSR count). The van der Waals surface area contributed by atoms with Crippen molar-refractivity contribution in [2.75, 3.05) is 44.8 Å². The molecule has 0 amide bonds. The van der Waals surface area contributed by atoms with Gasteiger partial charge in [-0.1, -0.05) is 0 Å². The lowest BCUT2D eigenvalue weighted by molar-refractivity contribution is 0.207. The van der Waals surface area contributed by atoms with Crippen LogP contribution in [0.3, 0.4) is 0 Å². The first-order valence-electron chi connectivity index (χ1n) is 7.01. The van der Waals surface area contributed by atoms with Crippen molar-refractivity contribution in [2.45, 2.75) is 19.1 Å². The predicted molar refractivity (Wildman–Crippen MR) is 76.0 cm³/mol. The van der Waals surface area contributed by atoms with Gasteiger partial charge in [-0.25, -0.2) is 0 Å². The first kappa shape index (κ1) is 12.8. The Kier molecular flexibility index (Phi) is 3.62. The first-order valence-corrected chi connectivity index (χ1v) is 7.01. The van der Waals surface area contributed by atoms with Gasteiger partial charge in [-0.15, -0.1) is 0 Å². The van der Waals surface area contributed by atoms with E-state index in [2.05, 4.69) is 28.9 Å². The minimum atomic E-state index is 0.500. The summed E-state index contributed by atoms with van der Waals surface area (Å²) in [5.41, 5.74) is 1.29. The Balaban J connectivity index is 1.61. The largest absolute Gasteiger partial charge is 0.497 e. The van der Waals surface area contributed by atoms with Crippen LogP contribution in [0.4, 0.5) is 5.69 Å². The third-order valence-electron chi connectivity index (χ3n) is 3.98. The molecule has 0 N–H and O–H groups in total. The van der Waals surface area contributed by atoms with Gasteiger partial charge in [0, 0.05) is 37.9 Å². The fourth-order valence-electron chi connectivity index (χ4n) is 2.82. The maximum absolute atomic E-state index is 5.31. The molecule has 0 radical (unpaired) electrons. The van der Waals surface area contributed by atoms with Crippen LogP contribution in [0.5, 0.6) is 5.75 Å². The number of ether oxygens (including phenoxy) is 2. The van der Waals surface area contributed by atoms with Crippen molar-refractivity contribution in [3.63, 3.8) is 0 Å². The van der Waals surface area contributed by atoms with Gasteiger partial charge in [-0.2, -0.15) is 0 Å². The van der Waals surface area contributed by atoms with Crippen LogP contribution >= 0.6 is 0 Å². The van der Waals surface area contributed by atoms with Gasteiger partial charge in [0.05, 0.1) is 19.8 Å². The molecular weight excluding hydrogens is 240 g/mol. The summed E-state index contributed by atoms with van der Waals surface area (Å²) in [6.45, 7) is 7.67. The molecule has 2 aliphatic rings. The maximum atomic E-state index is 5.31. The van der Waals surface area contributed by atoms with Gasteiger partial charge in [-0.05, 0) is 31.2 Å². The Morgan fingerprint density at radius 3 is 2.58 bits per heavy atom. The monoisotopic (exact) mass is 262 g/mol. The van der Waals surface area contributed by atoms with Crippen LogP contribution in [0.1, 0.15) is 6.92 Å². The molecule has 4 nitrogen and oxygen atoms in total. The molecule has 0 saturated carbocycles. The lowest BCUT2D eigenvalue weighted by Gasteiger charge is -2.41. The van der Waals surface area contributed by atoms with Crippen LogP contribution in [0.25, 0.3) is 0 Å². The van der Waals surface area contributed by atoms with Gasteiger partial charge >= 0.3 is 0 Å². The average molecular weight is 262 g/mol. The first-order chi connectivity index (χ1) is 9.26. The van der Waals surface area contributed by atoms with Gasteiger partial charge < -0.3 is 14.4 Å². The van der Waals surface area contributed by atoms with Crippen molar-refractivity contribution in [2.24, 2.45) is 0 Å². The molecule has 0 aromatic heterocycles. The highest BCUT2D eigenvalue weighted by atomic mass is 16.6. The summed E-state index contributed by atoms with van der Waals surface area (Å²) in [6.07, 6.45) is 0.500. The minimum Gasteiger partial charge on any atom is -0.497 e. The molecule has 1 aromatic carbocycles. The van der Waals surface area contributed by atoms with Crippen LogP contribution in [-0.2, 0) is 4.74 Å². The molecule has 2 unspecified atom stereocenters. The molecule has 2 saturated heterocycles. The topological polar surface area (TPSA) is 28.2 Å². The highest BCUT2D eigenvalue weighted by molar-refractivity contribution is 5.50. The van der Waals surface area contributed by atoms with E-state index in [4.69, 9.17) is 9.47 Å². The molecule has 104 valence electrons. The summed E-state index contributed by atoms with van der Waals surface area (Å²) in [4.78, 5) is 4.99. The normalized spacial score (nSPS) is 27.4. The summed E-state index contributed by atoms with van der Waals surface area (Å²) in [5, 5.41) is 0. The molecule has 0 spiro atoms. The van der Waals surface area contributed by atoms with E-state index in [0.717, 1.165) is 38.5 Å². The molecule has 1 aromatic rings. The van der Waals surface area contributed by atoms with E-state index >= 15 is 0 Å². The Labute approximate surface area is 114 Å². The van der Waals surface area contributed by atoms with Crippen molar-refractivity contribution < 1.29 is 9.47 Å². The second-order valence-electron chi connectivity index (χ2n) is 5.46. The van der Waals surface area contributed by atoms with E-state index in [9.17, 15) is 0 Å². The van der Waals surface area contributed by atoms with E-state index in [-0.39, 0.29) is 0 Å². The van der Waals surface area contributed by atoms with Crippen molar-refractivity contribution in [1.82, 2.24) is 4.90 Å². The number of nitrogens with zero attached hydrogens (tertiary/aromatic N) is 2. The molecule has 2 fully saturated rings. The highest BCUT2D eigenvalue weighted by Gasteiger charge is 2.30. The molecule has 0 aliphatic carbocycles. The van der Waals surface area contributed by atoms with E-state index in [0.29, 0.717) is 12.1 Å². The predicted octanol–water partition coefficient (Wildman–Crippen LogP) is 1.60. The molecule has 2 aliphatic heterocycles. The van der Waals surface area contributed by atoms with Crippen molar-refractivity contribution in [3.8, 4) is 5.75 Å². The molecule has 19 heavy (non-hydrogen) atoms. The zero-order chi connectivity index (χ0) is 13.2. The fraction of sp³-hybridized carbons (Fsp3) is 0.600. The Bertz CT molecular complexity index is 417. The van der Waals surface area contributed by atoms with Crippen molar-refractivity contribution in [1.29, 1.82) is 0 Å². The average Bonchev–Trinajstić information content (AvgIpc) is 3.23. The summed E-state index contributed by atoms with van der Waals surface area (Å²) in [6, 6.07) is 8.91. The lowest BCUT2D eigenvalue weighted by Crippen LogP contribution is -2.52. The smallest absolute Gasteiger partial charge is 0.119 e. The number of piperazine rings is 1. The van der Waals surface area contributed by atoms with Gasteiger partial charge in [0.1, 0.15) is 5.75 Å². The fourth-order valence-corrected chi connectivity index (χ4v) is 2.82. The second kappa shape index (κ2) is 5.39. The standard InChI is InChI=1S/C15H22N2O2/c1-12-9-16(10-15-11-19-15)7-8-17(12)13-3-5-14(18-2)6-4-13/h3-6,12,15H,7-11H2,1-2H3. The van der Waals surface area contributed by atoms with Crippen molar-refractivity contribution in [3.05, 3.63) is 24.3 Å². The van der Waals surface area contributed by atoms with E-state index in [1.54, 1.807) is 7.11 Å². The van der Waals surface area contributed by atoms with E-state index in [1.165, 1.54) is 5.69 Å². The van der Waals surface area contributed by atoms with Gasteiger partial charge in [0.15, 0.2) is 0 Å². The minimum absolute atomic E-state index is 0.500. The SMILES string of the molecule is COc1ccc(N2CCN(CC3CO3)CC2C)cc1. The van der Waals surface area contributed by atoms with Crippen molar-refractivity contribution >= 4 is 5.69 Å². The number of hydrogen-bond acceptors (Lipinski definition) is 4. The molecule has 2 heterocycles. The Morgan fingerprint density at radius 1 is 1.26 bits per heavy atom. The summed E-state index contributed by atoms with van der Waals surface area (Å²) >= 11 is 0. The summed E-state index contributed by atoms with van der Waals surface area (Å²) in [5.74, 6) is 0.918. The zero-order valence-electron chi connectivity index (χ0n) is 11.7.